The van der Waals surface area contributed by atoms with E-state index in [9.17, 15) is 4.79 Å². The van der Waals surface area contributed by atoms with Gasteiger partial charge in [0.2, 0.25) is 5.91 Å². The van der Waals surface area contributed by atoms with E-state index in [4.69, 9.17) is 10.7 Å². The molecule has 1 aromatic carbocycles. The number of carbonyl (C=O) groups excluding carboxylic acids is 1. The zero-order valence-corrected chi connectivity index (χ0v) is 14.5. The fourth-order valence-corrected chi connectivity index (χ4v) is 3.55. The van der Waals surface area contributed by atoms with Gasteiger partial charge in [-0.15, -0.1) is 10.2 Å². The molecule has 0 aliphatic rings. The zero-order valence-electron chi connectivity index (χ0n) is 13.6. The van der Waals surface area contributed by atoms with Crippen molar-refractivity contribution in [1.29, 1.82) is 0 Å². The molecule has 1 amide bonds. The van der Waals surface area contributed by atoms with Crippen LogP contribution < -0.4 is 5.73 Å². The van der Waals surface area contributed by atoms with Crippen LogP contribution in [0.25, 0.3) is 10.9 Å². The molecule has 0 radical (unpaired) electrons. The molecule has 1 atom stereocenters. The van der Waals surface area contributed by atoms with Crippen LogP contribution in [0.5, 0.6) is 0 Å². The van der Waals surface area contributed by atoms with Crippen LogP contribution >= 0.6 is 11.8 Å². The Morgan fingerprint density at radius 3 is 2.83 bits per heavy atom. The molecule has 24 heavy (non-hydrogen) atoms. The van der Waals surface area contributed by atoms with Crippen LogP contribution in [0.4, 0.5) is 0 Å². The van der Waals surface area contributed by atoms with Gasteiger partial charge in [0.05, 0.1) is 5.52 Å². The molecule has 0 saturated heterocycles. The SMILES string of the molecule is Cc1nnc(SC(C)Cc2ccc3ccccc3n2)n1CC(N)=O. The van der Waals surface area contributed by atoms with E-state index >= 15 is 0 Å². The van der Waals surface area contributed by atoms with Gasteiger partial charge in [0.15, 0.2) is 5.16 Å². The van der Waals surface area contributed by atoms with Crippen LogP contribution in [0.1, 0.15) is 18.4 Å². The van der Waals surface area contributed by atoms with Gasteiger partial charge >= 0.3 is 0 Å². The summed E-state index contributed by atoms with van der Waals surface area (Å²) in [7, 11) is 0. The lowest BCUT2D eigenvalue weighted by atomic mass is 10.1. The second-order valence-corrected chi connectivity index (χ2v) is 7.12. The van der Waals surface area contributed by atoms with Gasteiger partial charge in [-0.1, -0.05) is 43.0 Å². The van der Waals surface area contributed by atoms with Gasteiger partial charge in [0, 0.05) is 22.8 Å². The van der Waals surface area contributed by atoms with E-state index in [0.29, 0.717) is 11.0 Å². The minimum Gasteiger partial charge on any atom is -0.368 e. The summed E-state index contributed by atoms with van der Waals surface area (Å²) in [5.41, 5.74) is 7.33. The van der Waals surface area contributed by atoms with Crippen LogP contribution in [0.3, 0.4) is 0 Å². The van der Waals surface area contributed by atoms with E-state index < -0.39 is 5.91 Å². The number of pyridine rings is 1. The lowest BCUT2D eigenvalue weighted by Gasteiger charge is -2.12. The number of aromatic nitrogens is 4. The van der Waals surface area contributed by atoms with Crippen molar-refractivity contribution >= 4 is 28.6 Å². The Labute approximate surface area is 144 Å². The van der Waals surface area contributed by atoms with Gasteiger partial charge < -0.3 is 5.73 Å². The molecule has 7 heteroatoms. The molecule has 2 aromatic heterocycles. The highest BCUT2D eigenvalue weighted by Crippen LogP contribution is 2.25. The van der Waals surface area contributed by atoms with Gasteiger partial charge in [-0.05, 0) is 19.1 Å². The van der Waals surface area contributed by atoms with Crippen molar-refractivity contribution in [3.63, 3.8) is 0 Å². The summed E-state index contributed by atoms with van der Waals surface area (Å²) in [6.45, 7) is 4.03. The first-order valence-electron chi connectivity index (χ1n) is 7.72. The third-order valence-corrected chi connectivity index (χ3v) is 4.76. The summed E-state index contributed by atoms with van der Waals surface area (Å²) in [5, 5.41) is 10.3. The Kier molecular flexibility index (Phi) is 4.80. The lowest BCUT2D eigenvalue weighted by Crippen LogP contribution is -2.20. The first kappa shape index (κ1) is 16.4. The van der Waals surface area contributed by atoms with E-state index in [0.717, 1.165) is 23.0 Å². The third-order valence-electron chi connectivity index (χ3n) is 3.68. The maximum Gasteiger partial charge on any atom is 0.237 e. The first-order valence-corrected chi connectivity index (χ1v) is 8.60. The molecule has 0 aliphatic carbocycles. The number of para-hydroxylation sites is 1. The molecule has 0 fully saturated rings. The van der Waals surface area contributed by atoms with Crippen molar-refractivity contribution in [3.8, 4) is 0 Å². The Morgan fingerprint density at radius 2 is 2.04 bits per heavy atom. The third kappa shape index (κ3) is 3.73. The maximum atomic E-state index is 11.2. The van der Waals surface area contributed by atoms with Crippen molar-refractivity contribution in [2.45, 2.75) is 37.2 Å². The van der Waals surface area contributed by atoms with Crippen molar-refractivity contribution in [1.82, 2.24) is 19.7 Å². The number of aryl methyl sites for hydroxylation is 1. The van der Waals surface area contributed by atoms with Gasteiger partial charge in [0.25, 0.3) is 0 Å². The summed E-state index contributed by atoms with van der Waals surface area (Å²) in [4.78, 5) is 15.9. The number of amides is 1. The first-order chi connectivity index (χ1) is 11.5. The minimum atomic E-state index is -0.399. The van der Waals surface area contributed by atoms with E-state index in [-0.39, 0.29) is 11.8 Å². The van der Waals surface area contributed by atoms with Crippen LogP contribution in [-0.4, -0.2) is 30.9 Å². The highest BCUT2D eigenvalue weighted by molar-refractivity contribution is 7.99. The summed E-state index contributed by atoms with van der Waals surface area (Å²) in [6, 6.07) is 12.2. The topological polar surface area (TPSA) is 86.7 Å². The number of fused-ring (bicyclic) bond motifs is 1. The predicted molar refractivity (Wildman–Crippen MR) is 94.7 cm³/mol. The van der Waals surface area contributed by atoms with Crippen LogP contribution in [0, 0.1) is 6.92 Å². The van der Waals surface area contributed by atoms with E-state index in [1.54, 1.807) is 16.3 Å². The summed E-state index contributed by atoms with van der Waals surface area (Å²) < 4.78 is 1.75. The number of thioether (sulfide) groups is 1. The number of benzene rings is 1. The lowest BCUT2D eigenvalue weighted by molar-refractivity contribution is -0.118. The van der Waals surface area contributed by atoms with Crippen molar-refractivity contribution in [3.05, 3.63) is 47.9 Å². The number of hydrogen-bond acceptors (Lipinski definition) is 5. The predicted octanol–water partition coefficient (Wildman–Crippen LogP) is 2.34. The van der Waals surface area contributed by atoms with Gasteiger partial charge in [-0.25, -0.2) is 0 Å². The Hall–Kier alpha value is -2.41. The normalized spacial score (nSPS) is 12.4. The monoisotopic (exact) mass is 341 g/mol. The highest BCUT2D eigenvalue weighted by atomic mass is 32.2. The number of rotatable bonds is 6. The minimum absolute atomic E-state index is 0.0993. The summed E-state index contributed by atoms with van der Waals surface area (Å²) in [5.74, 6) is 0.288. The molecule has 0 aliphatic heterocycles. The molecule has 6 nitrogen and oxygen atoms in total. The van der Waals surface area contributed by atoms with Crippen molar-refractivity contribution in [2.24, 2.45) is 5.73 Å². The molecular weight excluding hydrogens is 322 g/mol. The van der Waals surface area contributed by atoms with Crippen LogP contribution in [0.2, 0.25) is 0 Å². The van der Waals surface area contributed by atoms with Gasteiger partial charge in [-0.3, -0.25) is 14.3 Å². The number of nitrogens with two attached hydrogens (primary N) is 1. The average Bonchev–Trinajstić information content (AvgIpc) is 2.87. The molecule has 3 rings (SSSR count). The Bertz CT molecular complexity index is 876. The van der Waals surface area contributed by atoms with Gasteiger partial charge in [0.1, 0.15) is 12.4 Å². The quantitative estimate of drug-likeness (QED) is 0.695. The average molecular weight is 341 g/mol. The van der Waals surface area contributed by atoms with Crippen LogP contribution in [0.15, 0.2) is 41.6 Å². The highest BCUT2D eigenvalue weighted by Gasteiger charge is 2.15. The molecule has 2 N–H and O–H groups in total. The van der Waals surface area contributed by atoms with Crippen molar-refractivity contribution in [2.75, 3.05) is 0 Å². The number of carbonyl (C=O) groups is 1. The standard InChI is InChI=1S/C17H19N5OS/c1-11(24-17-21-20-12(2)22(17)10-16(18)23)9-14-8-7-13-5-3-4-6-15(13)19-14/h3-8,11H,9-10H2,1-2H3,(H2,18,23). The smallest absolute Gasteiger partial charge is 0.237 e. The molecule has 3 aromatic rings. The van der Waals surface area contributed by atoms with Crippen LogP contribution in [-0.2, 0) is 17.8 Å². The molecule has 0 saturated carbocycles. The number of primary amides is 1. The molecule has 0 bridgehead atoms. The summed E-state index contributed by atoms with van der Waals surface area (Å²) >= 11 is 1.57. The second-order valence-electron chi connectivity index (χ2n) is 5.71. The van der Waals surface area contributed by atoms with E-state index in [1.807, 2.05) is 25.1 Å². The van der Waals surface area contributed by atoms with Crippen molar-refractivity contribution < 1.29 is 4.79 Å². The molecule has 2 heterocycles. The molecule has 0 spiro atoms. The Morgan fingerprint density at radius 1 is 1.25 bits per heavy atom. The number of hydrogen-bond donors (Lipinski definition) is 1. The fourth-order valence-electron chi connectivity index (χ4n) is 2.52. The molecule has 1 unspecified atom stereocenters. The maximum absolute atomic E-state index is 11.2. The van der Waals surface area contributed by atoms with E-state index in [1.165, 1.54) is 0 Å². The van der Waals surface area contributed by atoms with E-state index in [2.05, 4.69) is 35.3 Å². The largest absolute Gasteiger partial charge is 0.368 e. The second kappa shape index (κ2) is 7.00. The number of nitrogens with zero attached hydrogens (tertiary/aromatic N) is 4. The van der Waals surface area contributed by atoms with Gasteiger partial charge in [-0.2, -0.15) is 0 Å². The molecular formula is C17H19N5OS. The molecule has 124 valence electrons. The fraction of sp³-hybridized carbons (Fsp3) is 0.294. The zero-order chi connectivity index (χ0) is 17.1. The Balaban J connectivity index is 1.73. The summed E-state index contributed by atoms with van der Waals surface area (Å²) in [6.07, 6.45) is 0.804.